The maximum absolute atomic E-state index is 12.4. The van der Waals surface area contributed by atoms with Crippen molar-refractivity contribution in [1.82, 2.24) is 4.90 Å². The summed E-state index contributed by atoms with van der Waals surface area (Å²) in [5.74, 6) is 0.219. The van der Waals surface area contributed by atoms with Gasteiger partial charge in [0.15, 0.2) is 0 Å². The zero-order valence-electron chi connectivity index (χ0n) is 15.0. The van der Waals surface area contributed by atoms with E-state index in [1.54, 1.807) is 36.3 Å². The Balaban J connectivity index is 1.48. The molecule has 5 nitrogen and oxygen atoms in total. The van der Waals surface area contributed by atoms with Gasteiger partial charge in [-0.15, -0.1) is 0 Å². The number of piperidine rings is 1. The summed E-state index contributed by atoms with van der Waals surface area (Å²) in [6.45, 7) is 1.26. The number of benzene rings is 2. The molecule has 2 aromatic rings. The smallest absolute Gasteiger partial charge is 0.313 e. The lowest BCUT2D eigenvalue weighted by atomic mass is 9.90. The first-order valence-electron chi connectivity index (χ1n) is 8.94. The molecule has 1 aliphatic rings. The van der Waals surface area contributed by atoms with Crippen LogP contribution in [-0.2, 0) is 16.0 Å². The standard InChI is InChI=1S/C21H24N2O3/c1-26-19-9-7-18(8-10-19)22-20(24)21(25)23-13-11-17(12-14-23)15-16-5-3-2-4-6-16/h2-10,17H,11-15H2,1H3,(H,22,24). The van der Waals surface area contributed by atoms with Crippen LogP contribution in [0.5, 0.6) is 5.75 Å². The highest BCUT2D eigenvalue weighted by Crippen LogP contribution is 2.22. The van der Waals surface area contributed by atoms with E-state index in [0.717, 1.165) is 19.3 Å². The van der Waals surface area contributed by atoms with E-state index in [-0.39, 0.29) is 0 Å². The number of nitrogens with zero attached hydrogens (tertiary/aromatic N) is 1. The number of anilines is 1. The summed E-state index contributed by atoms with van der Waals surface area (Å²) in [5, 5.41) is 2.66. The molecule has 0 radical (unpaired) electrons. The predicted molar refractivity (Wildman–Crippen MR) is 101 cm³/mol. The summed E-state index contributed by atoms with van der Waals surface area (Å²) in [7, 11) is 1.58. The molecule has 0 aromatic heterocycles. The largest absolute Gasteiger partial charge is 0.497 e. The van der Waals surface area contributed by atoms with Crippen LogP contribution in [0.15, 0.2) is 54.6 Å². The molecule has 2 aromatic carbocycles. The summed E-state index contributed by atoms with van der Waals surface area (Å²) in [5.41, 5.74) is 1.91. The summed E-state index contributed by atoms with van der Waals surface area (Å²) >= 11 is 0. The van der Waals surface area contributed by atoms with E-state index < -0.39 is 11.8 Å². The minimum atomic E-state index is -0.586. The molecule has 0 bridgehead atoms. The van der Waals surface area contributed by atoms with Crippen molar-refractivity contribution in [2.75, 3.05) is 25.5 Å². The number of hydrogen-bond donors (Lipinski definition) is 1. The molecule has 0 unspecified atom stereocenters. The molecular formula is C21H24N2O3. The van der Waals surface area contributed by atoms with Gasteiger partial charge in [-0.2, -0.15) is 0 Å². The Morgan fingerprint density at radius 2 is 1.69 bits per heavy atom. The topological polar surface area (TPSA) is 58.6 Å². The maximum atomic E-state index is 12.4. The zero-order chi connectivity index (χ0) is 18.4. The second kappa shape index (κ2) is 8.52. The Bertz CT molecular complexity index is 736. The molecule has 1 saturated heterocycles. The lowest BCUT2D eigenvalue weighted by Gasteiger charge is -2.31. The minimum Gasteiger partial charge on any atom is -0.497 e. The van der Waals surface area contributed by atoms with Gasteiger partial charge in [-0.1, -0.05) is 30.3 Å². The molecule has 136 valence electrons. The maximum Gasteiger partial charge on any atom is 0.313 e. The number of methoxy groups -OCH3 is 1. The summed E-state index contributed by atoms with van der Waals surface area (Å²) in [6, 6.07) is 17.3. The van der Waals surface area contributed by atoms with Crippen molar-refractivity contribution in [2.24, 2.45) is 5.92 Å². The van der Waals surface area contributed by atoms with E-state index in [9.17, 15) is 9.59 Å². The van der Waals surface area contributed by atoms with Gasteiger partial charge in [0.1, 0.15) is 5.75 Å². The van der Waals surface area contributed by atoms with E-state index in [2.05, 4.69) is 29.6 Å². The Labute approximate surface area is 154 Å². The number of ether oxygens (including phenoxy) is 1. The Morgan fingerprint density at radius 1 is 1.04 bits per heavy atom. The van der Waals surface area contributed by atoms with E-state index in [0.29, 0.717) is 30.4 Å². The lowest BCUT2D eigenvalue weighted by molar-refractivity contribution is -0.144. The van der Waals surface area contributed by atoms with E-state index >= 15 is 0 Å². The highest BCUT2D eigenvalue weighted by molar-refractivity contribution is 6.39. The molecule has 26 heavy (non-hydrogen) atoms. The van der Waals surface area contributed by atoms with Crippen LogP contribution in [0, 0.1) is 5.92 Å². The Morgan fingerprint density at radius 3 is 2.31 bits per heavy atom. The zero-order valence-corrected chi connectivity index (χ0v) is 15.0. The first kappa shape index (κ1) is 18.0. The fraction of sp³-hybridized carbons (Fsp3) is 0.333. The molecule has 1 N–H and O–H groups in total. The minimum absolute atomic E-state index is 0.459. The van der Waals surface area contributed by atoms with Gasteiger partial charge < -0.3 is 15.0 Å². The molecular weight excluding hydrogens is 328 g/mol. The third-order valence-corrected chi connectivity index (χ3v) is 4.81. The quantitative estimate of drug-likeness (QED) is 0.860. The van der Waals surface area contributed by atoms with Crippen molar-refractivity contribution in [2.45, 2.75) is 19.3 Å². The van der Waals surface area contributed by atoms with Crippen molar-refractivity contribution in [3.8, 4) is 5.75 Å². The van der Waals surface area contributed by atoms with Crippen LogP contribution < -0.4 is 10.1 Å². The van der Waals surface area contributed by atoms with Crippen molar-refractivity contribution < 1.29 is 14.3 Å². The molecule has 0 atom stereocenters. The second-order valence-electron chi connectivity index (χ2n) is 6.61. The van der Waals surface area contributed by atoms with Crippen molar-refractivity contribution in [3.05, 3.63) is 60.2 Å². The van der Waals surface area contributed by atoms with Gasteiger partial charge in [-0.05, 0) is 55.0 Å². The average Bonchev–Trinajstić information content (AvgIpc) is 2.69. The van der Waals surface area contributed by atoms with Gasteiger partial charge in [-0.3, -0.25) is 9.59 Å². The number of carbonyl (C=O) groups is 2. The van der Waals surface area contributed by atoms with E-state index in [1.165, 1.54) is 5.56 Å². The fourth-order valence-electron chi connectivity index (χ4n) is 3.29. The van der Waals surface area contributed by atoms with Crippen LogP contribution in [0.25, 0.3) is 0 Å². The third-order valence-electron chi connectivity index (χ3n) is 4.81. The van der Waals surface area contributed by atoms with Crippen LogP contribution >= 0.6 is 0 Å². The van der Waals surface area contributed by atoms with Crippen molar-refractivity contribution in [1.29, 1.82) is 0 Å². The number of likely N-dealkylation sites (tertiary alicyclic amines) is 1. The highest BCUT2D eigenvalue weighted by atomic mass is 16.5. The highest BCUT2D eigenvalue weighted by Gasteiger charge is 2.27. The van der Waals surface area contributed by atoms with Gasteiger partial charge in [0, 0.05) is 18.8 Å². The average molecular weight is 352 g/mol. The molecule has 0 saturated carbocycles. The molecule has 1 fully saturated rings. The van der Waals surface area contributed by atoms with Crippen LogP contribution in [0.1, 0.15) is 18.4 Å². The number of rotatable bonds is 4. The monoisotopic (exact) mass is 352 g/mol. The summed E-state index contributed by atoms with van der Waals surface area (Å²) in [6.07, 6.45) is 2.88. The van der Waals surface area contributed by atoms with Gasteiger partial charge in [0.25, 0.3) is 0 Å². The lowest BCUT2D eigenvalue weighted by Crippen LogP contribution is -2.44. The normalized spacial score (nSPS) is 14.7. The third kappa shape index (κ3) is 4.63. The second-order valence-corrected chi connectivity index (χ2v) is 6.61. The molecule has 1 aliphatic heterocycles. The molecule has 2 amide bonds. The van der Waals surface area contributed by atoms with Gasteiger partial charge in [0.2, 0.25) is 0 Å². The summed E-state index contributed by atoms with van der Waals surface area (Å²) < 4.78 is 5.08. The van der Waals surface area contributed by atoms with Crippen LogP contribution in [0.3, 0.4) is 0 Å². The Kier molecular flexibility index (Phi) is 5.89. The van der Waals surface area contributed by atoms with Crippen molar-refractivity contribution >= 4 is 17.5 Å². The predicted octanol–water partition coefficient (Wildman–Crippen LogP) is 3.12. The fourth-order valence-corrected chi connectivity index (χ4v) is 3.29. The van der Waals surface area contributed by atoms with Crippen LogP contribution in [0.4, 0.5) is 5.69 Å². The summed E-state index contributed by atoms with van der Waals surface area (Å²) in [4.78, 5) is 26.2. The van der Waals surface area contributed by atoms with Gasteiger partial charge in [0.05, 0.1) is 7.11 Å². The number of amides is 2. The molecule has 0 spiro atoms. The molecule has 0 aliphatic carbocycles. The first-order valence-corrected chi connectivity index (χ1v) is 8.94. The Hall–Kier alpha value is -2.82. The SMILES string of the molecule is COc1ccc(NC(=O)C(=O)N2CCC(Cc3ccccc3)CC2)cc1. The van der Waals surface area contributed by atoms with E-state index in [1.807, 2.05) is 6.07 Å². The first-order chi connectivity index (χ1) is 12.7. The number of carbonyl (C=O) groups excluding carboxylic acids is 2. The van der Waals surface area contributed by atoms with Gasteiger partial charge in [-0.25, -0.2) is 0 Å². The molecule has 1 heterocycles. The van der Waals surface area contributed by atoms with Crippen molar-refractivity contribution in [3.63, 3.8) is 0 Å². The molecule has 3 rings (SSSR count). The van der Waals surface area contributed by atoms with Crippen LogP contribution in [0.2, 0.25) is 0 Å². The van der Waals surface area contributed by atoms with Crippen LogP contribution in [-0.4, -0.2) is 36.9 Å². The van der Waals surface area contributed by atoms with E-state index in [4.69, 9.17) is 4.74 Å². The number of hydrogen-bond acceptors (Lipinski definition) is 3. The number of nitrogens with one attached hydrogen (secondary N) is 1. The van der Waals surface area contributed by atoms with Gasteiger partial charge >= 0.3 is 11.8 Å². The molecule has 5 heteroatoms.